The molecule has 0 atom stereocenters. The third-order valence-electron chi connectivity index (χ3n) is 3.31. The van der Waals surface area contributed by atoms with Gasteiger partial charge in [0.25, 0.3) is 0 Å². The molecule has 0 bridgehead atoms. The van der Waals surface area contributed by atoms with E-state index in [0.717, 1.165) is 19.4 Å². The molecule has 0 unspecified atom stereocenters. The standard InChI is InChI=1S/C15H30O2/c1-9-17-15(7,8)11-13(3,4)10-14(5,6)12(2)16/h9-11H2,1-8H3. The molecule has 2 heteroatoms. The number of Topliss-reactive ketones (excluding diaryl/α,β-unsaturated/α-hetero) is 1. The molecule has 0 fully saturated rings. The maximum absolute atomic E-state index is 11.6. The molecule has 0 aliphatic carbocycles. The van der Waals surface area contributed by atoms with Crippen molar-refractivity contribution < 1.29 is 9.53 Å². The SMILES string of the molecule is CCOC(C)(C)CC(C)(C)CC(C)(C)C(C)=O. The summed E-state index contributed by atoms with van der Waals surface area (Å²) in [6.45, 7) is 17.2. The Morgan fingerprint density at radius 2 is 1.47 bits per heavy atom. The van der Waals surface area contributed by atoms with Crippen molar-refractivity contribution in [3.05, 3.63) is 0 Å². The van der Waals surface area contributed by atoms with Crippen molar-refractivity contribution in [2.24, 2.45) is 10.8 Å². The molecule has 2 nitrogen and oxygen atoms in total. The Labute approximate surface area is 107 Å². The van der Waals surface area contributed by atoms with Crippen molar-refractivity contribution in [2.45, 2.75) is 73.8 Å². The van der Waals surface area contributed by atoms with Gasteiger partial charge in [0.05, 0.1) is 5.60 Å². The summed E-state index contributed by atoms with van der Waals surface area (Å²) in [6, 6.07) is 0. The highest BCUT2D eigenvalue weighted by Crippen LogP contribution is 2.40. The van der Waals surface area contributed by atoms with E-state index in [0.29, 0.717) is 0 Å². The van der Waals surface area contributed by atoms with Crippen LogP contribution in [0.15, 0.2) is 0 Å². The molecule has 0 amide bonds. The first-order valence-electron chi connectivity index (χ1n) is 6.57. The van der Waals surface area contributed by atoms with Gasteiger partial charge in [0, 0.05) is 12.0 Å². The summed E-state index contributed by atoms with van der Waals surface area (Å²) in [5.74, 6) is 0.264. The van der Waals surface area contributed by atoms with E-state index in [1.807, 2.05) is 20.8 Å². The lowest BCUT2D eigenvalue weighted by atomic mass is 9.69. The molecule has 0 saturated heterocycles. The van der Waals surface area contributed by atoms with E-state index >= 15 is 0 Å². The summed E-state index contributed by atoms with van der Waals surface area (Å²) < 4.78 is 5.76. The molecule has 102 valence electrons. The number of ketones is 1. The van der Waals surface area contributed by atoms with Crippen LogP contribution < -0.4 is 0 Å². The van der Waals surface area contributed by atoms with Crippen LogP contribution in [0.25, 0.3) is 0 Å². The first-order chi connectivity index (χ1) is 7.42. The number of hydrogen-bond acceptors (Lipinski definition) is 2. The van der Waals surface area contributed by atoms with E-state index in [2.05, 4.69) is 27.7 Å². The van der Waals surface area contributed by atoms with Gasteiger partial charge in [-0.25, -0.2) is 0 Å². The van der Waals surface area contributed by atoms with E-state index < -0.39 is 0 Å². The molecular weight excluding hydrogens is 212 g/mol. The number of rotatable bonds is 7. The van der Waals surface area contributed by atoms with E-state index in [1.54, 1.807) is 6.92 Å². The summed E-state index contributed by atoms with van der Waals surface area (Å²) in [6.07, 6.45) is 1.86. The Kier molecular flexibility index (Phi) is 5.39. The van der Waals surface area contributed by atoms with Gasteiger partial charge in [0.1, 0.15) is 5.78 Å². The maximum atomic E-state index is 11.6. The second kappa shape index (κ2) is 5.51. The highest BCUT2D eigenvalue weighted by Gasteiger charge is 2.36. The summed E-state index contributed by atoms with van der Waals surface area (Å²) in [5.41, 5.74) is -0.259. The van der Waals surface area contributed by atoms with Crippen LogP contribution in [0, 0.1) is 10.8 Å². The number of ether oxygens (including phenoxy) is 1. The summed E-state index contributed by atoms with van der Waals surface area (Å²) >= 11 is 0. The van der Waals surface area contributed by atoms with Crippen molar-refractivity contribution in [2.75, 3.05) is 6.61 Å². The molecule has 0 heterocycles. The van der Waals surface area contributed by atoms with Crippen molar-refractivity contribution >= 4 is 5.78 Å². The average Bonchev–Trinajstić information content (AvgIpc) is 1.97. The van der Waals surface area contributed by atoms with Crippen LogP contribution in [0.2, 0.25) is 0 Å². The average molecular weight is 242 g/mol. The van der Waals surface area contributed by atoms with Gasteiger partial charge in [-0.05, 0) is 46.0 Å². The molecule has 0 N–H and O–H groups in total. The zero-order chi connectivity index (χ0) is 13.9. The van der Waals surface area contributed by atoms with Gasteiger partial charge < -0.3 is 4.74 Å². The van der Waals surface area contributed by atoms with E-state index in [9.17, 15) is 4.79 Å². The lowest BCUT2D eigenvalue weighted by molar-refractivity contribution is -0.127. The van der Waals surface area contributed by atoms with Gasteiger partial charge >= 0.3 is 0 Å². The van der Waals surface area contributed by atoms with Crippen LogP contribution in [0.3, 0.4) is 0 Å². The zero-order valence-corrected chi connectivity index (χ0v) is 12.9. The number of carbonyl (C=O) groups excluding carboxylic acids is 1. The molecule has 0 saturated carbocycles. The van der Waals surface area contributed by atoms with Crippen molar-refractivity contribution in [1.29, 1.82) is 0 Å². The maximum Gasteiger partial charge on any atom is 0.135 e. The van der Waals surface area contributed by atoms with E-state index in [-0.39, 0.29) is 22.2 Å². The Balaban J connectivity index is 4.64. The van der Waals surface area contributed by atoms with Gasteiger partial charge in [0.2, 0.25) is 0 Å². The number of hydrogen-bond donors (Lipinski definition) is 0. The molecular formula is C15H30O2. The number of carbonyl (C=O) groups is 1. The van der Waals surface area contributed by atoms with Crippen molar-refractivity contribution in [3.8, 4) is 0 Å². The Bertz CT molecular complexity index is 262. The van der Waals surface area contributed by atoms with Gasteiger partial charge in [-0.2, -0.15) is 0 Å². The van der Waals surface area contributed by atoms with Crippen LogP contribution in [0.1, 0.15) is 68.2 Å². The first kappa shape index (κ1) is 16.6. The Morgan fingerprint density at radius 3 is 1.82 bits per heavy atom. The molecule has 0 aromatic rings. The highest BCUT2D eigenvalue weighted by atomic mass is 16.5. The Morgan fingerprint density at radius 1 is 1.00 bits per heavy atom. The summed E-state index contributed by atoms with van der Waals surface area (Å²) in [5, 5.41) is 0. The molecule has 0 aromatic carbocycles. The summed E-state index contributed by atoms with van der Waals surface area (Å²) in [4.78, 5) is 11.6. The van der Waals surface area contributed by atoms with Crippen molar-refractivity contribution in [1.82, 2.24) is 0 Å². The smallest absolute Gasteiger partial charge is 0.135 e. The van der Waals surface area contributed by atoms with Crippen molar-refractivity contribution in [3.63, 3.8) is 0 Å². The third-order valence-corrected chi connectivity index (χ3v) is 3.31. The minimum Gasteiger partial charge on any atom is -0.376 e. The molecule has 0 rings (SSSR count). The van der Waals surface area contributed by atoms with Crippen LogP contribution in [-0.4, -0.2) is 18.0 Å². The topological polar surface area (TPSA) is 26.3 Å². The second-order valence-corrected chi connectivity index (χ2v) is 7.15. The minimum absolute atomic E-state index is 0.105. The van der Waals surface area contributed by atoms with Crippen LogP contribution in [0.4, 0.5) is 0 Å². The van der Waals surface area contributed by atoms with Gasteiger partial charge in [-0.1, -0.05) is 27.7 Å². The van der Waals surface area contributed by atoms with Crippen LogP contribution in [-0.2, 0) is 9.53 Å². The normalized spacial score (nSPS) is 13.9. The predicted molar refractivity (Wildman–Crippen MR) is 73.2 cm³/mol. The predicted octanol–water partition coefficient (Wildman–Crippen LogP) is 4.22. The van der Waals surface area contributed by atoms with Crippen LogP contribution >= 0.6 is 0 Å². The fraction of sp³-hybridized carbons (Fsp3) is 0.933. The molecule has 0 spiro atoms. The first-order valence-corrected chi connectivity index (χ1v) is 6.57. The third kappa shape index (κ3) is 6.21. The Hall–Kier alpha value is -0.370. The van der Waals surface area contributed by atoms with Gasteiger partial charge in [-0.3, -0.25) is 4.79 Å². The van der Waals surface area contributed by atoms with E-state index in [1.165, 1.54) is 0 Å². The molecule has 17 heavy (non-hydrogen) atoms. The molecule has 0 aromatic heterocycles. The largest absolute Gasteiger partial charge is 0.376 e. The lowest BCUT2D eigenvalue weighted by Gasteiger charge is -2.39. The van der Waals surface area contributed by atoms with Gasteiger partial charge in [0.15, 0.2) is 0 Å². The fourth-order valence-electron chi connectivity index (χ4n) is 2.98. The van der Waals surface area contributed by atoms with E-state index in [4.69, 9.17) is 4.74 Å². The molecule has 0 aliphatic rings. The van der Waals surface area contributed by atoms with Crippen LogP contribution in [0.5, 0.6) is 0 Å². The monoisotopic (exact) mass is 242 g/mol. The molecule has 0 aliphatic heterocycles. The quantitative estimate of drug-likeness (QED) is 0.668. The minimum atomic E-state index is -0.244. The second-order valence-electron chi connectivity index (χ2n) is 7.15. The summed E-state index contributed by atoms with van der Waals surface area (Å²) in [7, 11) is 0. The fourth-order valence-corrected chi connectivity index (χ4v) is 2.98. The zero-order valence-electron chi connectivity index (χ0n) is 12.9. The highest BCUT2D eigenvalue weighted by molar-refractivity contribution is 5.81. The lowest BCUT2D eigenvalue weighted by Crippen LogP contribution is -2.36. The molecule has 0 radical (unpaired) electrons. The van der Waals surface area contributed by atoms with Gasteiger partial charge in [-0.15, -0.1) is 0 Å².